The Hall–Kier alpha value is -2.47. The van der Waals surface area contributed by atoms with E-state index >= 15 is 0 Å². The van der Waals surface area contributed by atoms with Gasteiger partial charge in [0.05, 0.1) is 13.2 Å². The third kappa shape index (κ3) is 4.54. The van der Waals surface area contributed by atoms with E-state index in [9.17, 15) is 9.59 Å². The van der Waals surface area contributed by atoms with Crippen LogP contribution in [0.25, 0.3) is 0 Å². The van der Waals surface area contributed by atoms with E-state index in [1.54, 1.807) is 27.0 Å². The quantitative estimate of drug-likeness (QED) is 0.564. The lowest BCUT2D eigenvalue weighted by Gasteiger charge is -2.03. The zero-order chi connectivity index (χ0) is 18.4. The summed E-state index contributed by atoms with van der Waals surface area (Å²) in [6.07, 6.45) is 1.67. The Morgan fingerprint density at radius 1 is 1.04 bits per heavy atom. The van der Waals surface area contributed by atoms with Crippen LogP contribution in [0.1, 0.15) is 50.6 Å². The minimum atomic E-state index is -0.483. The van der Waals surface area contributed by atoms with Crippen molar-refractivity contribution in [2.45, 2.75) is 27.7 Å². The van der Waals surface area contributed by atoms with Crippen LogP contribution < -0.4 is 0 Å². The van der Waals surface area contributed by atoms with Crippen molar-refractivity contribution in [1.82, 2.24) is 0 Å². The number of hydrogen-bond acceptors (Lipinski definition) is 6. The zero-order valence-corrected chi connectivity index (χ0v) is 15.6. The molecule has 1 heterocycles. The van der Waals surface area contributed by atoms with E-state index in [4.69, 9.17) is 9.47 Å². The average molecular weight is 359 g/mol. The molecule has 1 aromatic heterocycles. The van der Waals surface area contributed by atoms with Gasteiger partial charge in [-0.3, -0.25) is 0 Å². The first-order valence-corrected chi connectivity index (χ1v) is 8.87. The Balaban J connectivity index is 2.43. The highest BCUT2D eigenvalue weighted by Gasteiger charge is 2.26. The molecule has 0 fully saturated rings. The second-order valence-electron chi connectivity index (χ2n) is 5.35. The molecule has 0 aliphatic heterocycles. The van der Waals surface area contributed by atoms with Crippen LogP contribution in [-0.4, -0.2) is 31.4 Å². The van der Waals surface area contributed by atoms with Gasteiger partial charge < -0.3 is 9.47 Å². The van der Waals surface area contributed by atoms with Crippen molar-refractivity contribution in [2.75, 3.05) is 13.2 Å². The molecule has 1 aromatic carbocycles. The maximum atomic E-state index is 12.3. The van der Waals surface area contributed by atoms with Gasteiger partial charge in [-0.2, -0.15) is 0 Å². The molecule has 5 nitrogen and oxygen atoms in total. The molecule has 25 heavy (non-hydrogen) atoms. The molecule has 0 saturated heterocycles. The number of aliphatic imine (C=N–C) groups is 1. The standard InChI is InChI=1S/C19H21NO4S/c1-5-23-18(21)15-13(4)16(19(22)24-6-2)25-17(15)20-11-14-9-7-12(3)8-10-14/h7-11H,5-6H2,1-4H3/b20-11+. The molecule has 0 aliphatic carbocycles. The van der Waals surface area contributed by atoms with Crippen molar-refractivity contribution in [2.24, 2.45) is 4.99 Å². The number of thiophene rings is 1. The van der Waals surface area contributed by atoms with Gasteiger partial charge in [-0.25, -0.2) is 14.6 Å². The maximum absolute atomic E-state index is 12.3. The van der Waals surface area contributed by atoms with Gasteiger partial charge in [-0.15, -0.1) is 11.3 Å². The lowest BCUT2D eigenvalue weighted by atomic mass is 10.1. The van der Waals surface area contributed by atoms with E-state index in [0.717, 1.165) is 22.5 Å². The van der Waals surface area contributed by atoms with Crippen LogP contribution in [0.3, 0.4) is 0 Å². The molecule has 0 N–H and O–H groups in total. The molecule has 0 unspecified atom stereocenters. The number of nitrogens with zero attached hydrogens (tertiary/aromatic N) is 1. The number of hydrogen-bond donors (Lipinski definition) is 0. The van der Waals surface area contributed by atoms with E-state index in [0.29, 0.717) is 21.0 Å². The van der Waals surface area contributed by atoms with E-state index in [1.165, 1.54) is 0 Å². The summed E-state index contributed by atoms with van der Waals surface area (Å²) >= 11 is 1.14. The molecule has 2 rings (SSSR count). The summed E-state index contributed by atoms with van der Waals surface area (Å²) in [5.41, 5.74) is 2.92. The summed E-state index contributed by atoms with van der Waals surface area (Å²) in [5, 5.41) is 0.444. The second kappa shape index (κ2) is 8.58. The highest BCUT2D eigenvalue weighted by molar-refractivity contribution is 7.18. The summed E-state index contributed by atoms with van der Waals surface area (Å²) in [5.74, 6) is -0.935. The number of ether oxygens (including phenoxy) is 2. The zero-order valence-electron chi connectivity index (χ0n) is 14.8. The first-order valence-electron chi connectivity index (χ1n) is 8.06. The molecule has 0 saturated carbocycles. The number of benzene rings is 1. The highest BCUT2D eigenvalue weighted by atomic mass is 32.1. The molecule has 0 bridgehead atoms. The van der Waals surface area contributed by atoms with Crippen molar-refractivity contribution in [3.63, 3.8) is 0 Å². The minimum absolute atomic E-state index is 0.254. The van der Waals surface area contributed by atoms with Crippen LogP contribution in [0.15, 0.2) is 29.3 Å². The van der Waals surface area contributed by atoms with Crippen molar-refractivity contribution in [3.8, 4) is 0 Å². The molecular formula is C19H21NO4S. The fourth-order valence-electron chi connectivity index (χ4n) is 2.21. The maximum Gasteiger partial charge on any atom is 0.348 e. The van der Waals surface area contributed by atoms with Crippen molar-refractivity contribution in [3.05, 3.63) is 51.4 Å². The molecule has 132 valence electrons. The van der Waals surface area contributed by atoms with E-state index < -0.39 is 11.9 Å². The molecule has 0 atom stereocenters. The van der Waals surface area contributed by atoms with Gasteiger partial charge in [-0.1, -0.05) is 29.8 Å². The lowest BCUT2D eigenvalue weighted by Crippen LogP contribution is -2.08. The fourth-order valence-corrected chi connectivity index (χ4v) is 3.24. The lowest BCUT2D eigenvalue weighted by molar-refractivity contribution is 0.0527. The van der Waals surface area contributed by atoms with E-state index in [-0.39, 0.29) is 13.2 Å². The summed E-state index contributed by atoms with van der Waals surface area (Å²) < 4.78 is 10.2. The molecule has 0 amide bonds. The summed E-state index contributed by atoms with van der Waals surface area (Å²) in [4.78, 5) is 29.2. The number of aryl methyl sites for hydroxylation is 1. The molecule has 6 heteroatoms. The number of esters is 2. The van der Waals surface area contributed by atoms with Crippen molar-refractivity contribution in [1.29, 1.82) is 0 Å². The molecule has 2 aromatic rings. The third-order valence-corrected chi connectivity index (χ3v) is 4.66. The van der Waals surface area contributed by atoms with Gasteiger partial charge in [0.25, 0.3) is 0 Å². The van der Waals surface area contributed by atoms with Crippen LogP contribution in [0.5, 0.6) is 0 Å². The number of rotatable bonds is 6. The van der Waals surface area contributed by atoms with Crippen molar-refractivity contribution >= 4 is 34.5 Å². The first-order chi connectivity index (χ1) is 12.0. The Morgan fingerprint density at radius 2 is 1.64 bits per heavy atom. The number of carbonyl (C=O) groups excluding carboxylic acids is 2. The van der Waals surface area contributed by atoms with E-state index in [1.807, 2.05) is 31.2 Å². The number of carbonyl (C=O) groups is 2. The van der Waals surface area contributed by atoms with Crippen LogP contribution in [-0.2, 0) is 9.47 Å². The highest BCUT2D eigenvalue weighted by Crippen LogP contribution is 2.36. The molecule has 0 radical (unpaired) electrons. The van der Waals surface area contributed by atoms with Gasteiger partial charge in [-0.05, 0) is 38.8 Å². The van der Waals surface area contributed by atoms with Gasteiger partial charge in [0.1, 0.15) is 15.4 Å². The SMILES string of the molecule is CCOC(=O)c1sc(/N=C/c2ccc(C)cc2)c(C(=O)OCC)c1C. The third-order valence-electron chi connectivity index (χ3n) is 3.48. The summed E-state index contributed by atoms with van der Waals surface area (Å²) in [7, 11) is 0. The Morgan fingerprint density at radius 3 is 2.24 bits per heavy atom. The average Bonchev–Trinajstić information content (AvgIpc) is 2.91. The molecular weight excluding hydrogens is 338 g/mol. The van der Waals surface area contributed by atoms with Crippen LogP contribution in [0.4, 0.5) is 5.00 Å². The molecule has 0 aliphatic rings. The second-order valence-corrected chi connectivity index (χ2v) is 6.35. The first kappa shape index (κ1) is 18.9. The van der Waals surface area contributed by atoms with Gasteiger partial charge in [0, 0.05) is 6.21 Å². The van der Waals surface area contributed by atoms with E-state index in [2.05, 4.69) is 4.99 Å². The minimum Gasteiger partial charge on any atom is -0.462 e. The fraction of sp³-hybridized carbons (Fsp3) is 0.316. The summed E-state index contributed by atoms with van der Waals surface area (Å²) in [6, 6.07) is 7.85. The van der Waals surface area contributed by atoms with Crippen LogP contribution >= 0.6 is 11.3 Å². The Kier molecular flexibility index (Phi) is 6.47. The summed E-state index contributed by atoms with van der Waals surface area (Å²) in [6.45, 7) is 7.72. The Labute approximate surface area is 151 Å². The van der Waals surface area contributed by atoms with Gasteiger partial charge in [0.15, 0.2) is 0 Å². The van der Waals surface area contributed by atoms with Gasteiger partial charge >= 0.3 is 11.9 Å². The Bertz CT molecular complexity index is 791. The predicted octanol–water partition coefficient (Wildman–Crippen LogP) is 4.47. The van der Waals surface area contributed by atoms with Crippen molar-refractivity contribution < 1.29 is 19.1 Å². The van der Waals surface area contributed by atoms with Crippen LogP contribution in [0.2, 0.25) is 0 Å². The topological polar surface area (TPSA) is 65.0 Å². The monoisotopic (exact) mass is 359 g/mol. The van der Waals surface area contributed by atoms with Crippen LogP contribution in [0, 0.1) is 13.8 Å². The smallest absolute Gasteiger partial charge is 0.348 e. The largest absolute Gasteiger partial charge is 0.462 e. The molecule has 0 spiro atoms. The van der Waals surface area contributed by atoms with Gasteiger partial charge in [0.2, 0.25) is 0 Å². The predicted molar refractivity (Wildman–Crippen MR) is 99.4 cm³/mol. The normalized spacial score (nSPS) is 10.9.